The highest BCUT2D eigenvalue weighted by Crippen LogP contribution is 2.29. The fourth-order valence-corrected chi connectivity index (χ4v) is 2.75. The maximum Gasteiger partial charge on any atom is 0.169 e. The van der Waals surface area contributed by atoms with Crippen molar-refractivity contribution in [3.63, 3.8) is 0 Å². The van der Waals surface area contributed by atoms with Gasteiger partial charge in [-0.1, -0.05) is 24.3 Å². The molecule has 0 radical (unpaired) electrons. The van der Waals surface area contributed by atoms with Crippen LogP contribution in [0.5, 0.6) is 0 Å². The van der Waals surface area contributed by atoms with Crippen molar-refractivity contribution in [1.29, 1.82) is 0 Å². The van der Waals surface area contributed by atoms with Gasteiger partial charge < -0.3 is 4.74 Å². The van der Waals surface area contributed by atoms with Gasteiger partial charge >= 0.3 is 0 Å². The molecule has 1 aliphatic heterocycles. The SMILES string of the molecule is CC1OCCC1C(=O)c1ccc(F)c2ccccc12. The van der Waals surface area contributed by atoms with Crippen LogP contribution in [-0.2, 0) is 4.74 Å². The number of hydrogen-bond donors (Lipinski definition) is 0. The molecule has 1 aliphatic rings. The Morgan fingerprint density at radius 1 is 1.21 bits per heavy atom. The summed E-state index contributed by atoms with van der Waals surface area (Å²) in [5.41, 5.74) is 0.597. The van der Waals surface area contributed by atoms with E-state index in [9.17, 15) is 9.18 Å². The van der Waals surface area contributed by atoms with E-state index < -0.39 is 0 Å². The molecule has 0 saturated carbocycles. The van der Waals surface area contributed by atoms with E-state index in [-0.39, 0.29) is 23.6 Å². The monoisotopic (exact) mass is 258 g/mol. The van der Waals surface area contributed by atoms with Gasteiger partial charge in [-0.25, -0.2) is 4.39 Å². The first-order valence-corrected chi connectivity index (χ1v) is 6.51. The number of hydrogen-bond acceptors (Lipinski definition) is 2. The summed E-state index contributed by atoms with van der Waals surface area (Å²) >= 11 is 0. The third-order valence-corrected chi connectivity index (χ3v) is 3.85. The lowest BCUT2D eigenvalue weighted by Gasteiger charge is -2.14. The zero-order valence-corrected chi connectivity index (χ0v) is 10.7. The third-order valence-electron chi connectivity index (χ3n) is 3.85. The number of ether oxygens (including phenoxy) is 1. The molecule has 0 amide bonds. The van der Waals surface area contributed by atoms with Crippen LogP contribution in [0, 0.1) is 11.7 Å². The summed E-state index contributed by atoms with van der Waals surface area (Å²) in [6.45, 7) is 2.54. The molecule has 1 heterocycles. The van der Waals surface area contributed by atoms with E-state index in [4.69, 9.17) is 4.74 Å². The largest absolute Gasteiger partial charge is 0.378 e. The van der Waals surface area contributed by atoms with Gasteiger partial charge in [0.05, 0.1) is 12.0 Å². The number of rotatable bonds is 2. The summed E-state index contributed by atoms with van der Waals surface area (Å²) in [6.07, 6.45) is 0.683. The second kappa shape index (κ2) is 4.74. The molecular weight excluding hydrogens is 243 g/mol. The molecule has 98 valence electrons. The van der Waals surface area contributed by atoms with Gasteiger partial charge in [-0.3, -0.25) is 4.79 Å². The maximum atomic E-state index is 13.7. The standard InChI is InChI=1S/C16H15FO2/c1-10-11(8-9-19-10)16(18)14-6-7-15(17)13-5-3-2-4-12(13)14/h2-7,10-11H,8-9H2,1H3. The highest BCUT2D eigenvalue weighted by molar-refractivity contribution is 6.09. The van der Waals surface area contributed by atoms with Crippen LogP contribution in [0.1, 0.15) is 23.7 Å². The van der Waals surface area contributed by atoms with Gasteiger partial charge in [-0.05, 0) is 30.9 Å². The Morgan fingerprint density at radius 3 is 2.63 bits per heavy atom. The van der Waals surface area contributed by atoms with Crippen LogP contribution in [0.2, 0.25) is 0 Å². The van der Waals surface area contributed by atoms with E-state index >= 15 is 0 Å². The number of carbonyl (C=O) groups excluding carboxylic acids is 1. The highest BCUT2D eigenvalue weighted by atomic mass is 19.1. The summed E-state index contributed by atoms with van der Waals surface area (Å²) in [5, 5.41) is 1.19. The van der Waals surface area contributed by atoms with E-state index in [1.54, 1.807) is 24.3 Å². The van der Waals surface area contributed by atoms with E-state index in [0.29, 0.717) is 22.9 Å². The minimum absolute atomic E-state index is 0.0567. The molecule has 0 bridgehead atoms. The lowest BCUT2D eigenvalue weighted by atomic mass is 9.89. The van der Waals surface area contributed by atoms with Crippen LogP contribution >= 0.6 is 0 Å². The molecule has 2 nitrogen and oxygen atoms in total. The molecule has 2 aromatic carbocycles. The molecule has 3 heteroatoms. The lowest BCUT2D eigenvalue weighted by molar-refractivity contribution is 0.0766. The molecule has 0 aromatic heterocycles. The van der Waals surface area contributed by atoms with Gasteiger partial charge in [0.1, 0.15) is 5.82 Å². The third kappa shape index (κ3) is 2.04. The zero-order chi connectivity index (χ0) is 13.4. The minimum Gasteiger partial charge on any atom is -0.378 e. The molecule has 2 atom stereocenters. The van der Waals surface area contributed by atoms with Gasteiger partial charge in [0.2, 0.25) is 0 Å². The van der Waals surface area contributed by atoms with E-state index in [2.05, 4.69) is 0 Å². The fourth-order valence-electron chi connectivity index (χ4n) is 2.75. The molecule has 19 heavy (non-hydrogen) atoms. The number of carbonyl (C=O) groups is 1. The average Bonchev–Trinajstić information content (AvgIpc) is 2.85. The first kappa shape index (κ1) is 12.3. The fraction of sp³-hybridized carbons (Fsp3) is 0.312. The Labute approximate surface area is 111 Å². The predicted molar refractivity (Wildman–Crippen MR) is 71.8 cm³/mol. The highest BCUT2D eigenvalue weighted by Gasteiger charge is 2.32. The first-order chi connectivity index (χ1) is 9.18. The molecule has 2 unspecified atom stereocenters. The van der Waals surface area contributed by atoms with E-state index in [1.807, 2.05) is 13.0 Å². The maximum absolute atomic E-state index is 13.7. The molecular formula is C16H15FO2. The average molecular weight is 258 g/mol. The van der Waals surface area contributed by atoms with Crippen LogP contribution in [0.3, 0.4) is 0 Å². The van der Waals surface area contributed by atoms with Gasteiger partial charge in [0.15, 0.2) is 5.78 Å². The minimum atomic E-state index is -0.289. The lowest BCUT2D eigenvalue weighted by Crippen LogP contribution is -2.22. The van der Waals surface area contributed by atoms with Gasteiger partial charge in [-0.15, -0.1) is 0 Å². The predicted octanol–water partition coefficient (Wildman–Crippen LogP) is 3.59. The van der Waals surface area contributed by atoms with Gasteiger partial charge in [0, 0.05) is 17.6 Å². The van der Waals surface area contributed by atoms with Crippen molar-refractivity contribution in [2.24, 2.45) is 5.92 Å². The molecule has 3 rings (SSSR count). The van der Waals surface area contributed by atoms with Crippen LogP contribution < -0.4 is 0 Å². The Balaban J connectivity index is 2.10. The van der Waals surface area contributed by atoms with Gasteiger partial charge in [-0.2, -0.15) is 0 Å². The Bertz CT molecular complexity index is 636. The smallest absolute Gasteiger partial charge is 0.169 e. The van der Waals surface area contributed by atoms with Crippen molar-refractivity contribution in [3.05, 3.63) is 47.8 Å². The van der Waals surface area contributed by atoms with Crippen molar-refractivity contribution in [1.82, 2.24) is 0 Å². The molecule has 0 N–H and O–H groups in total. The van der Waals surface area contributed by atoms with Crippen molar-refractivity contribution in [3.8, 4) is 0 Å². The summed E-state index contributed by atoms with van der Waals surface area (Å²) in [5.74, 6) is -0.349. The van der Waals surface area contributed by atoms with Crippen LogP contribution in [0.25, 0.3) is 10.8 Å². The molecule has 0 spiro atoms. The second-order valence-electron chi connectivity index (χ2n) is 4.98. The summed E-state index contributed by atoms with van der Waals surface area (Å²) < 4.78 is 19.2. The number of Topliss-reactive ketones (excluding diaryl/α,β-unsaturated/α-hetero) is 1. The van der Waals surface area contributed by atoms with Crippen LogP contribution in [0.15, 0.2) is 36.4 Å². The Hall–Kier alpha value is -1.74. The molecule has 1 fully saturated rings. The van der Waals surface area contributed by atoms with Crippen LogP contribution in [-0.4, -0.2) is 18.5 Å². The quantitative estimate of drug-likeness (QED) is 0.769. The van der Waals surface area contributed by atoms with Crippen LogP contribution in [0.4, 0.5) is 4.39 Å². The Morgan fingerprint density at radius 2 is 1.95 bits per heavy atom. The topological polar surface area (TPSA) is 26.3 Å². The van der Waals surface area contributed by atoms with Crippen molar-refractivity contribution in [2.75, 3.05) is 6.61 Å². The molecule has 2 aromatic rings. The number of benzene rings is 2. The van der Waals surface area contributed by atoms with E-state index in [1.165, 1.54) is 6.07 Å². The first-order valence-electron chi connectivity index (χ1n) is 6.51. The van der Waals surface area contributed by atoms with Crippen molar-refractivity contribution < 1.29 is 13.9 Å². The summed E-state index contributed by atoms with van der Waals surface area (Å²) in [7, 11) is 0. The number of halogens is 1. The zero-order valence-electron chi connectivity index (χ0n) is 10.7. The van der Waals surface area contributed by atoms with Crippen molar-refractivity contribution >= 4 is 16.6 Å². The van der Waals surface area contributed by atoms with Gasteiger partial charge in [0.25, 0.3) is 0 Å². The number of ketones is 1. The summed E-state index contributed by atoms with van der Waals surface area (Å²) in [4.78, 5) is 12.6. The van der Waals surface area contributed by atoms with Crippen molar-refractivity contribution in [2.45, 2.75) is 19.4 Å². The summed E-state index contributed by atoms with van der Waals surface area (Å²) in [6, 6.07) is 10.1. The normalized spacial score (nSPS) is 22.8. The second-order valence-corrected chi connectivity index (χ2v) is 4.98. The Kier molecular flexibility index (Phi) is 3.07. The molecule has 1 saturated heterocycles. The molecule has 0 aliphatic carbocycles. The van der Waals surface area contributed by atoms with E-state index in [0.717, 1.165) is 6.42 Å². The number of fused-ring (bicyclic) bond motifs is 1.